The summed E-state index contributed by atoms with van der Waals surface area (Å²) in [5.41, 5.74) is 0.664. The van der Waals surface area contributed by atoms with Gasteiger partial charge in [-0.25, -0.2) is 4.79 Å². The molecule has 0 amide bonds. The Morgan fingerprint density at radius 2 is 1.53 bits per heavy atom. The maximum Gasteiger partial charge on any atom is 0.333 e. The smallest absolute Gasteiger partial charge is 0.333 e. The summed E-state index contributed by atoms with van der Waals surface area (Å²) < 4.78 is 4.69. The molecule has 15 heavy (non-hydrogen) atoms. The van der Waals surface area contributed by atoms with E-state index >= 15 is 0 Å². The average molecular weight is 206 g/mol. The lowest BCUT2D eigenvalue weighted by Crippen LogP contribution is -2.04. The number of ether oxygens (including phenoxy) is 1. The first-order chi connectivity index (χ1) is 7.22. The first-order valence-corrected chi connectivity index (χ1v) is 5.02. The number of benzene rings is 1. The fourth-order valence-corrected chi connectivity index (χ4v) is 0.748. The fraction of sp³-hybridized carbons (Fsp3) is 0.308. The molecule has 0 spiro atoms. The van der Waals surface area contributed by atoms with E-state index in [0.29, 0.717) is 12.2 Å². The highest BCUT2D eigenvalue weighted by Crippen LogP contribution is 1.94. The van der Waals surface area contributed by atoms with Crippen LogP contribution in [-0.4, -0.2) is 12.6 Å². The molecule has 0 atom stereocenters. The van der Waals surface area contributed by atoms with Gasteiger partial charge in [0.15, 0.2) is 0 Å². The molecule has 0 aliphatic heterocycles. The van der Waals surface area contributed by atoms with Crippen LogP contribution in [0.1, 0.15) is 20.8 Å². The van der Waals surface area contributed by atoms with Crippen LogP contribution in [0.4, 0.5) is 0 Å². The van der Waals surface area contributed by atoms with Crippen LogP contribution in [-0.2, 0) is 9.53 Å². The average Bonchev–Trinajstić information content (AvgIpc) is 2.31. The van der Waals surface area contributed by atoms with Crippen molar-refractivity contribution in [3.63, 3.8) is 0 Å². The second-order valence-corrected chi connectivity index (χ2v) is 2.85. The Hall–Kier alpha value is -1.57. The zero-order chi connectivity index (χ0) is 11.5. The van der Waals surface area contributed by atoms with Gasteiger partial charge in [0.05, 0.1) is 6.61 Å². The van der Waals surface area contributed by atoms with Gasteiger partial charge in [0, 0.05) is 5.57 Å². The van der Waals surface area contributed by atoms with E-state index in [1.165, 1.54) is 0 Å². The van der Waals surface area contributed by atoms with Crippen molar-refractivity contribution in [3.8, 4) is 0 Å². The third-order valence-corrected chi connectivity index (χ3v) is 1.70. The number of hydrogen-bond donors (Lipinski definition) is 0. The highest BCUT2D eigenvalue weighted by Gasteiger charge is 2.00. The molecule has 0 bridgehead atoms. The normalized spacial score (nSPS) is 9.93. The molecule has 0 fully saturated rings. The molecular weight excluding hydrogens is 188 g/mol. The Balaban J connectivity index is 0.000000280. The van der Waals surface area contributed by atoms with E-state index in [-0.39, 0.29) is 5.97 Å². The molecule has 0 aliphatic carbocycles. The van der Waals surface area contributed by atoms with E-state index in [9.17, 15) is 4.79 Å². The van der Waals surface area contributed by atoms with Crippen molar-refractivity contribution >= 4 is 5.97 Å². The van der Waals surface area contributed by atoms with Crippen molar-refractivity contribution in [1.29, 1.82) is 0 Å². The number of allylic oxidation sites excluding steroid dienone is 1. The first-order valence-electron chi connectivity index (χ1n) is 5.02. The molecule has 0 unspecified atom stereocenters. The second kappa shape index (κ2) is 9.00. The topological polar surface area (TPSA) is 26.3 Å². The van der Waals surface area contributed by atoms with Crippen LogP contribution in [0, 0.1) is 0 Å². The summed E-state index contributed by atoms with van der Waals surface area (Å²) in [6, 6.07) is 12.0. The molecular formula is C13H18O2. The lowest BCUT2D eigenvalue weighted by Gasteiger charge is -1.98. The zero-order valence-electron chi connectivity index (χ0n) is 9.57. The predicted octanol–water partition coefficient (Wildman–Crippen LogP) is 3.20. The highest BCUT2D eigenvalue weighted by molar-refractivity contribution is 5.87. The number of rotatable bonds is 2. The second-order valence-electron chi connectivity index (χ2n) is 2.85. The minimum absolute atomic E-state index is 0.222. The van der Waals surface area contributed by atoms with Gasteiger partial charge in [0.1, 0.15) is 0 Å². The van der Waals surface area contributed by atoms with Gasteiger partial charge in [-0.05, 0) is 20.8 Å². The van der Waals surface area contributed by atoms with E-state index in [0.717, 1.165) is 0 Å². The van der Waals surface area contributed by atoms with Gasteiger partial charge in [-0.1, -0.05) is 42.5 Å². The minimum Gasteiger partial charge on any atom is -0.463 e. The fourth-order valence-electron chi connectivity index (χ4n) is 0.748. The van der Waals surface area contributed by atoms with Gasteiger partial charge in [0.25, 0.3) is 0 Å². The molecule has 0 radical (unpaired) electrons. The van der Waals surface area contributed by atoms with Crippen molar-refractivity contribution in [3.05, 3.63) is 48.0 Å². The summed E-state index contributed by atoms with van der Waals surface area (Å²) in [5, 5.41) is 0. The van der Waals surface area contributed by atoms with Gasteiger partial charge in [-0.15, -0.1) is 0 Å². The Labute approximate surface area is 91.6 Å². The van der Waals surface area contributed by atoms with Crippen molar-refractivity contribution in [2.24, 2.45) is 0 Å². The minimum atomic E-state index is -0.222. The molecule has 2 nitrogen and oxygen atoms in total. The van der Waals surface area contributed by atoms with Gasteiger partial charge in [-0.2, -0.15) is 0 Å². The van der Waals surface area contributed by atoms with Crippen LogP contribution >= 0.6 is 0 Å². The van der Waals surface area contributed by atoms with Crippen LogP contribution < -0.4 is 0 Å². The quantitative estimate of drug-likeness (QED) is 0.548. The molecule has 2 heteroatoms. The highest BCUT2D eigenvalue weighted by atomic mass is 16.5. The Bertz CT molecular complexity index is 262. The predicted molar refractivity (Wildman–Crippen MR) is 62.5 cm³/mol. The van der Waals surface area contributed by atoms with Gasteiger partial charge >= 0.3 is 5.97 Å². The van der Waals surface area contributed by atoms with Crippen LogP contribution in [0.5, 0.6) is 0 Å². The van der Waals surface area contributed by atoms with E-state index in [2.05, 4.69) is 4.74 Å². The van der Waals surface area contributed by atoms with E-state index in [1.807, 2.05) is 43.3 Å². The summed E-state index contributed by atoms with van der Waals surface area (Å²) in [7, 11) is 0. The molecule has 1 rings (SSSR count). The van der Waals surface area contributed by atoms with Gasteiger partial charge < -0.3 is 4.74 Å². The van der Waals surface area contributed by atoms with E-state index in [1.54, 1.807) is 19.9 Å². The lowest BCUT2D eigenvalue weighted by atomic mass is 10.3. The van der Waals surface area contributed by atoms with Crippen LogP contribution in [0.25, 0.3) is 0 Å². The molecule has 0 aromatic heterocycles. The Morgan fingerprint density at radius 3 is 1.80 bits per heavy atom. The summed E-state index contributed by atoms with van der Waals surface area (Å²) in [6.07, 6.45) is 1.73. The Kier molecular flexibility index (Phi) is 8.06. The molecule has 82 valence electrons. The lowest BCUT2D eigenvalue weighted by molar-refractivity contribution is -0.138. The Morgan fingerprint density at radius 1 is 1.13 bits per heavy atom. The summed E-state index contributed by atoms with van der Waals surface area (Å²) in [4.78, 5) is 10.7. The summed E-state index contributed by atoms with van der Waals surface area (Å²) in [5.74, 6) is -0.222. The summed E-state index contributed by atoms with van der Waals surface area (Å²) in [6.45, 7) is 5.79. The SMILES string of the molecule is C/C=C(\C)C(=O)OCC.c1ccccc1. The molecule has 0 heterocycles. The zero-order valence-corrected chi connectivity index (χ0v) is 9.57. The largest absolute Gasteiger partial charge is 0.463 e. The standard InChI is InChI=1S/C7H12O2.C6H6/c1-4-6(3)7(8)9-5-2;1-2-4-6-5-3-1/h4H,5H2,1-3H3;1-6H/b6-4+;. The maximum atomic E-state index is 10.7. The third-order valence-electron chi connectivity index (χ3n) is 1.70. The number of carbonyl (C=O) groups excluding carboxylic acids is 1. The molecule has 0 N–H and O–H groups in total. The van der Waals surface area contributed by atoms with Crippen LogP contribution in [0.3, 0.4) is 0 Å². The number of esters is 1. The van der Waals surface area contributed by atoms with Crippen molar-refractivity contribution < 1.29 is 9.53 Å². The molecule has 0 saturated carbocycles. The van der Waals surface area contributed by atoms with Gasteiger partial charge in [-0.3, -0.25) is 0 Å². The van der Waals surface area contributed by atoms with Crippen molar-refractivity contribution in [2.45, 2.75) is 20.8 Å². The number of carbonyl (C=O) groups is 1. The number of hydrogen-bond acceptors (Lipinski definition) is 2. The third kappa shape index (κ3) is 7.50. The summed E-state index contributed by atoms with van der Waals surface area (Å²) >= 11 is 0. The monoisotopic (exact) mass is 206 g/mol. The molecule has 0 saturated heterocycles. The van der Waals surface area contributed by atoms with Crippen molar-refractivity contribution in [2.75, 3.05) is 6.61 Å². The van der Waals surface area contributed by atoms with Crippen molar-refractivity contribution in [1.82, 2.24) is 0 Å². The van der Waals surface area contributed by atoms with E-state index < -0.39 is 0 Å². The van der Waals surface area contributed by atoms with Crippen LogP contribution in [0.15, 0.2) is 48.0 Å². The molecule has 1 aromatic rings. The van der Waals surface area contributed by atoms with E-state index in [4.69, 9.17) is 0 Å². The maximum absolute atomic E-state index is 10.7. The van der Waals surface area contributed by atoms with Crippen LogP contribution in [0.2, 0.25) is 0 Å². The van der Waals surface area contributed by atoms with Gasteiger partial charge in [0.2, 0.25) is 0 Å². The first kappa shape index (κ1) is 13.4. The molecule has 1 aromatic carbocycles. The molecule has 0 aliphatic rings.